The molecule has 0 aromatic heterocycles. The summed E-state index contributed by atoms with van der Waals surface area (Å²) >= 11 is 0. The fraction of sp³-hybridized carbons (Fsp3) is 0.630. The number of rotatable bonds is 10. The van der Waals surface area contributed by atoms with Crippen molar-refractivity contribution in [1.82, 2.24) is 10.2 Å². The Bertz CT molecular complexity index is 947. The highest BCUT2D eigenvalue weighted by molar-refractivity contribution is 5.91. The first kappa shape index (κ1) is 28.6. The molecule has 0 bridgehead atoms. The molecule has 2 amide bonds. The van der Waals surface area contributed by atoms with Crippen molar-refractivity contribution in [2.45, 2.75) is 71.2 Å². The predicted molar refractivity (Wildman–Crippen MR) is 135 cm³/mol. The van der Waals surface area contributed by atoms with Crippen LogP contribution in [-0.4, -0.2) is 84.4 Å². The summed E-state index contributed by atoms with van der Waals surface area (Å²) < 4.78 is 16.0. The Hall–Kier alpha value is -2.98. The van der Waals surface area contributed by atoms with Gasteiger partial charge in [0.25, 0.3) is 5.66 Å². The second kappa shape index (κ2) is 13.0. The number of piperidine rings is 1. The molecule has 2 heterocycles. The topological polar surface area (TPSA) is 111 Å². The van der Waals surface area contributed by atoms with Crippen molar-refractivity contribution >= 4 is 23.9 Å². The van der Waals surface area contributed by atoms with Crippen molar-refractivity contribution in [3.8, 4) is 0 Å². The molecule has 10 nitrogen and oxygen atoms in total. The van der Waals surface area contributed by atoms with E-state index in [9.17, 15) is 19.2 Å². The van der Waals surface area contributed by atoms with Gasteiger partial charge in [-0.15, -0.1) is 0 Å². The van der Waals surface area contributed by atoms with Gasteiger partial charge in [-0.1, -0.05) is 30.3 Å². The van der Waals surface area contributed by atoms with E-state index in [1.165, 1.54) is 0 Å². The van der Waals surface area contributed by atoms with Crippen molar-refractivity contribution in [1.29, 1.82) is 0 Å². The summed E-state index contributed by atoms with van der Waals surface area (Å²) in [5, 5.41) is 3.28. The number of quaternary nitrogens is 1. The van der Waals surface area contributed by atoms with Crippen LogP contribution in [0.3, 0.4) is 0 Å². The van der Waals surface area contributed by atoms with Gasteiger partial charge in [-0.25, -0.2) is 0 Å². The maximum absolute atomic E-state index is 14.2. The predicted octanol–water partition coefficient (Wildman–Crippen LogP) is 2.75. The molecule has 0 saturated carbocycles. The molecule has 1 aromatic rings. The number of nitrogens with zero attached hydrogens (tertiary/aromatic N) is 2. The molecule has 1 aromatic carbocycles. The first-order valence-corrected chi connectivity index (χ1v) is 13.2. The molecule has 2 saturated heterocycles. The molecular formula is C27H40N3O7+. The van der Waals surface area contributed by atoms with Gasteiger partial charge in [0.05, 0.1) is 32.2 Å². The van der Waals surface area contributed by atoms with E-state index in [1.807, 2.05) is 30.3 Å². The average molecular weight is 519 g/mol. The van der Waals surface area contributed by atoms with Crippen LogP contribution in [0.15, 0.2) is 30.3 Å². The van der Waals surface area contributed by atoms with Crippen LogP contribution in [0.25, 0.3) is 0 Å². The second-order valence-corrected chi connectivity index (χ2v) is 9.87. The normalized spacial score (nSPS) is 21.4. The lowest BCUT2D eigenvalue weighted by molar-refractivity contribution is -0.908. The molecule has 204 valence electrons. The Labute approximate surface area is 218 Å². The van der Waals surface area contributed by atoms with E-state index >= 15 is 0 Å². The largest absolute Gasteiger partial charge is 0.518 e. The zero-order chi connectivity index (χ0) is 26.9. The van der Waals surface area contributed by atoms with Crippen LogP contribution in [0.1, 0.15) is 58.4 Å². The minimum absolute atomic E-state index is 0.0323. The maximum Gasteiger partial charge on any atom is 0.518 e. The Balaban J connectivity index is 1.96. The molecule has 2 aliphatic heterocycles. The summed E-state index contributed by atoms with van der Waals surface area (Å²) in [4.78, 5) is 54.7. The van der Waals surface area contributed by atoms with E-state index in [2.05, 4.69) is 5.32 Å². The molecular weight excluding hydrogens is 478 g/mol. The number of likely N-dealkylation sites (tertiary alicyclic amines) is 1. The Morgan fingerprint density at radius 3 is 2.41 bits per heavy atom. The smallest absolute Gasteiger partial charge is 0.466 e. The van der Waals surface area contributed by atoms with Gasteiger partial charge in [-0.05, 0) is 45.6 Å². The van der Waals surface area contributed by atoms with Crippen molar-refractivity contribution < 1.29 is 37.9 Å². The van der Waals surface area contributed by atoms with Gasteiger partial charge in [0.15, 0.2) is 0 Å². The number of carbonyl (C=O) groups excluding carboxylic acids is 4. The third kappa shape index (κ3) is 6.67. The van der Waals surface area contributed by atoms with Crippen molar-refractivity contribution in [2.75, 3.05) is 39.3 Å². The summed E-state index contributed by atoms with van der Waals surface area (Å²) in [7, 11) is 0. The highest BCUT2D eigenvalue weighted by Crippen LogP contribution is 2.37. The van der Waals surface area contributed by atoms with Gasteiger partial charge >= 0.3 is 23.9 Å². The SMILES string of the molecule is CCOC(=O)CCN1CCN[C@@](CC(=O)OC(C)C)([N+]2(C(=O)OCc3ccccc3)CCCCC2)C1=O. The number of hydrogen-bond acceptors (Lipinski definition) is 8. The molecule has 37 heavy (non-hydrogen) atoms. The fourth-order valence-electron chi connectivity index (χ4n) is 5.26. The van der Waals surface area contributed by atoms with E-state index in [4.69, 9.17) is 14.2 Å². The summed E-state index contributed by atoms with van der Waals surface area (Å²) in [6.07, 6.45) is 1.12. The van der Waals surface area contributed by atoms with E-state index in [1.54, 1.807) is 25.7 Å². The standard InChI is InChI=1S/C27H40N3O7/c1-4-35-23(31)13-15-29-16-14-28-27(25(29)33,19-24(32)37-21(2)3)30(17-9-6-10-18-30)26(34)36-20-22-11-7-5-8-12-22/h5,7-8,11-12,21,28H,4,6,9-10,13-20H2,1-3H3/q+1/t27-/m0/s1. The zero-order valence-corrected chi connectivity index (χ0v) is 22.2. The molecule has 2 fully saturated rings. The Morgan fingerprint density at radius 1 is 1.05 bits per heavy atom. The lowest BCUT2D eigenvalue weighted by atomic mass is 9.91. The third-order valence-electron chi connectivity index (χ3n) is 6.96. The molecule has 1 atom stereocenters. The number of hydrogen-bond donors (Lipinski definition) is 1. The summed E-state index contributed by atoms with van der Waals surface area (Å²) in [5.41, 5.74) is -0.758. The highest BCUT2D eigenvalue weighted by Gasteiger charge is 2.65. The molecule has 1 N–H and O–H groups in total. The average Bonchev–Trinajstić information content (AvgIpc) is 2.88. The van der Waals surface area contributed by atoms with E-state index in [-0.39, 0.29) is 43.2 Å². The number of carbonyl (C=O) groups is 4. The van der Waals surface area contributed by atoms with Crippen molar-refractivity contribution in [2.24, 2.45) is 0 Å². The van der Waals surface area contributed by atoms with Gasteiger partial charge in [0.1, 0.15) is 13.0 Å². The second-order valence-electron chi connectivity index (χ2n) is 9.87. The van der Waals surface area contributed by atoms with E-state index in [0.717, 1.165) is 12.0 Å². The lowest BCUT2D eigenvalue weighted by Gasteiger charge is -2.53. The first-order chi connectivity index (χ1) is 17.7. The molecule has 0 unspecified atom stereocenters. The monoisotopic (exact) mass is 518 g/mol. The van der Waals surface area contributed by atoms with Crippen LogP contribution in [0.5, 0.6) is 0 Å². The van der Waals surface area contributed by atoms with Crippen LogP contribution in [0, 0.1) is 0 Å². The molecule has 0 aliphatic carbocycles. The third-order valence-corrected chi connectivity index (χ3v) is 6.96. The number of esters is 2. The molecule has 3 rings (SSSR count). The van der Waals surface area contributed by atoms with Gasteiger partial charge < -0.3 is 19.1 Å². The van der Waals surface area contributed by atoms with Gasteiger partial charge in [0.2, 0.25) is 0 Å². The Morgan fingerprint density at radius 2 is 1.76 bits per heavy atom. The number of ether oxygens (including phenoxy) is 3. The van der Waals surface area contributed by atoms with Crippen LogP contribution in [-0.2, 0) is 35.2 Å². The summed E-state index contributed by atoms with van der Waals surface area (Å²) in [5.74, 6) is -1.37. The van der Waals surface area contributed by atoms with Crippen molar-refractivity contribution in [3.63, 3.8) is 0 Å². The maximum atomic E-state index is 14.2. The minimum Gasteiger partial charge on any atom is -0.466 e. The molecule has 2 aliphatic rings. The van der Waals surface area contributed by atoms with E-state index < -0.39 is 29.6 Å². The van der Waals surface area contributed by atoms with Crippen LogP contribution >= 0.6 is 0 Å². The molecule has 0 spiro atoms. The molecule has 0 radical (unpaired) electrons. The zero-order valence-electron chi connectivity index (χ0n) is 22.2. The fourth-order valence-corrected chi connectivity index (χ4v) is 5.26. The van der Waals surface area contributed by atoms with Gasteiger partial charge in [0, 0.05) is 19.6 Å². The number of benzene rings is 1. The number of amides is 2. The highest BCUT2D eigenvalue weighted by atomic mass is 16.6. The minimum atomic E-state index is -1.59. The summed E-state index contributed by atoms with van der Waals surface area (Å²) in [6, 6.07) is 9.35. The number of nitrogens with one attached hydrogen (secondary N) is 1. The van der Waals surface area contributed by atoms with Gasteiger partial charge in [-0.2, -0.15) is 9.28 Å². The van der Waals surface area contributed by atoms with Crippen LogP contribution in [0.4, 0.5) is 4.79 Å². The van der Waals surface area contributed by atoms with Gasteiger partial charge in [-0.3, -0.25) is 19.7 Å². The number of piperazine rings is 1. The lowest BCUT2D eigenvalue weighted by Crippen LogP contribution is -2.82. The van der Waals surface area contributed by atoms with Crippen molar-refractivity contribution in [3.05, 3.63) is 35.9 Å². The van der Waals surface area contributed by atoms with Crippen LogP contribution in [0.2, 0.25) is 0 Å². The Kier molecular flexibility index (Phi) is 10.0. The van der Waals surface area contributed by atoms with Crippen LogP contribution < -0.4 is 5.32 Å². The molecule has 10 heteroatoms. The quantitative estimate of drug-likeness (QED) is 0.286. The first-order valence-electron chi connectivity index (χ1n) is 13.2. The van der Waals surface area contributed by atoms with E-state index in [0.29, 0.717) is 39.0 Å². The summed E-state index contributed by atoms with van der Waals surface area (Å²) in [6.45, 7) is 7.08.